The van der Waals surface area contributed by atoms with E-state index in [0.29, 0.717) is 29.7 Å². The van der Waals surface area contributed by atoms with Crippen molar-refractivity contribution in [1.82, 2.24) is 4.98 Å². The minimum atomic E-state index is -4.69. The summed E-state index contributed by atoms with van der Waals surface area (Å²) in [4.78, 5) is 12.9. The Morgan fingerprint density at radius 1 is 1.43 bits per heavy atom. The fourth-order valence-electron chi connectivity index (χ4n) is 2.55. The van der Waals surface area contributed by atoms with Crippen molar-refractivity contribution in [2.24, 2.45) is 5.92 Å². The zero-order chi connectivity index (χ0) is 17.5. The van der Waals surface area contributed by atoms with Crippen molar-refractivity contribution in [3.8, 4) is 0 Å². The molecular formula is C14H19BrF3NO3S. The van der Waals surface area contributed by atoms with Crippen LogP contribution >= 0.6 is 27.3 Å². The van der Waals surface area contributed by atoms with Crippen LogP contribution in [-0.4, -0.2) is 29.3 Å². The standard InChI is InChI=1S/C11H13BrF3NOS.C3H6O2/c12-8-6-16-9(18-8)10(17,11(13,14)15)7-4-2-1-3-5-7;1-2-5-3-4/h6-7,17H,1-5H2;3H,2H2,1H3. The molecule has 132 valence electrons. The molecule has 0 saturated heterocycles. The van der Waals surface area contributed by atoms with Crippen molar-refractivity contribution >= 4 is 33.7 Å². The van der Waals surface area contributed by atoms with Gasteiger partial charge in [0.05, 0.1) is 16.6 Å². The second-order valence-electron chi connectivity index (χ2n) is 5.12. The number of carbonyl (C=O) groups is 1. The van der Waals surface area contributed by atoms with Gasteiger partial charge in [-0.05, 0) is 35.7 Å². The monoisotopic (exact) mass is 417 g/mol. The van der Waals surface area contributed by atoms with Crippen LogP contribution in [0.5, 0.6) is 0 Å². The van der Waals surface area contributed by atoms with Gasteiger partial charge in [0.25, 0.3) is 6.47 Å². The number of aromatic nitrogens is 1. The summed E-state index contributed by atoms with van der Waals surface area (Å²) in [6.45, 7) is 2.66. The van der Waals surface area contributed by atoms with E-state index >= 15 is 0 Å². The van der Waals surface area contributed by atoms with Crippen molar-refractivity contribution in [3.63, 3.8) is 0 Å². The van der Waals surface area contributed by atoms with Gasteiger partial charge < -0.3 is 9.84 Å². The predicted molar refractivity (Wildman–Crippen MR) is 84.0 cm³/mol. The molecule has 0 bridgehead atoms. The third-order valence-corrected chi connectivity index (χ3v) is 5.27. The van der Waals surface area contributed by atoms with Crippen LogP contribution in [0, 0.1) is 5.92 Å². The Balaban J connectivity index is 0.000000463. The van der Waals surface area contributed by atoms with Gasteiger partial charge in [0.1, 0.15) is 5.01 Å². The number of ether oxygens (including phenoxy) is 1. The fourth-order valence-corrected chi connectivity index (χ4v) is 3.94. The lowest BCUT2D eigenvalue weighted by Gasteiger charge is -2.38. The highest BCUT2D eigenvalue weighted by Crippen LogP contribution is 2.50. The summed E-state index contributed by atoms with van der Waals surface area (Å²) < 4.78 is 44.5. The largest absolute Gasteiger partial charge is 0.468 e. The van der Waals surface area contributed by atoms with Crippen LogP contribution in [0.4, 0.5) is 13.2 Å². The molecule has 1 heterocycles. The second kappa shape index (κ2) is 8.98. The van der Waals surface area contributed by atoms with Gasteiger partial charge in [-0.1, -0.05) is 19.3 Å². The van der Waals surface area contributed by atoms with E-state index < -0.39 is 17.7 Å². The van der Waals surface area contributed by atoms with Gasteiger partial charge in [-0.15, -0.1) is 11.3 Å². The molecule has 1 aliphatic rings. The van der Waals surface area contributed by atoms with Crippen molar-refractivity contribution in [3.05, 3.63) is 15.0 Å². The van der Waals surface area contributed by atoms with E-state index in [4.69, 9.17) is 0 Å². The Morgan fingerprint density at radius 2 is 2.04 bits per heavy atom. The molecule has 0 radical (unpaired) electrons. The number of rotatable bonds is 4. The summed E-state index contributed by atoms with van der Waals surface area (Å²) in [6, 6.07) is 0. The number of hydrogen-bond acceptors (Lipinski definition) is 5. The topological polar surface area (TPSA) is 59.4 Å². The van der Waals surface area contributed by atoms with Gasteiger partial charge in [-0.3, -0.25) is 4.79 Å². The smallest absolute Gasteiger partial charge is 0.424 e. The molecule has 1 saturated carbocycles. The molecule has 1 unspecified atom stereocenters. The number of thiazole rings is 1. The Hall–Kier alpha value is -0.670. The zero-order valence-electron chi connectivity index (χ0n) is 12.6. The quantitative estimate of drug-likeness (QED) is 0.736. The number of nitrogens with zero attached hydrogens (tertiary/aromatic N) is 1. The third-order valence-electron chi connectivity index (χ3n) is 3.67. The molecule has 9 heteroatoms. The van der Waals surface area contributed by atoms with Crippen LogP contribution in [-0.2, 0) is 15.1 Å². The molecule has 0 aliphatic heterocycles. The Kier molecular flexibility index (Phi) is 7.96. The molecule has 0 amide bonds. The first-order valence-electron chi connectivity index (χ1n) is 7.23. The molecule has 0 aromatic carbocycles. The molecule has 23 heavy (non-hydrogen) atoms. The summed E-state index contributed by atoms with van der Waals surface area (Å²) in [7, 11) is 0. The predicted octanol–water partition coefficient (Wildman–Crippen LogP) is 4.42. The molecule has 4 nitrogen and oxygen atoms in total. The van der Waals surface area contributed by atoms with Gasteiger partial charge in [-0.25, -0.2) is 4.98 Å². The highest BCUT2D eigenvalue weighted by molar-refractivity contribution is 9.11. The average molecular weight is 418 g/mol. The summed E-state index contributed by atoms with van der Waals surface area (Å²) in [5.74, 6) is -0.788. The molecule has 0 spiro atoms. The zero-order valence-corrected chi connectivity index (χ0v) is 15.0. The van der Waals surface area contributed by atoms with Crippen molar-refractivity contribution in [2.75, 3.05) is 6.61 Å². The lowest BCUT2D eigenvalue weighted by Crippen LogP contribution is -2.49. The molecule has 1 fully saturated rings. The molecule has 1 aromatic heterocycles. The lowest BCUT2D eigenvalue weighted by atomic mass is 9.76. The van der Waals surface area contributed by atoms with E-state index in [2.05, 4.69) is 25.7 Å². The molecular weight excluding hydrogens is 399 g/mol. The Bertz CT molecular complexity index is 492. The lowest BCUT2D eigenvalue weighted by molar-refractivity contribution is -0.290. The molecule has 1 N–H and O–H groups in total. The first kappa shape index (κ1) is 20.4. The number of alkyl halides is 3. The van der Waals surface area contributed by atoms with Crippen LogP contribution in [0.1, 0.15) is 44.0 Å². The summed E-state index contributed by atoms with van der Waals surface area (Å²) in [5.41, 5.74) is -2.80. The van der Waals surface area contributed by atoms with Gasteiger partial charge in [0, 0.05) is 5.92 Å². The summed E-state index contributed by atoms with van der Waals surface area (Å²) in [6.07, 6.45) is -0.191. The van der Waals surface area contributed by atoms with Crippen LogP contribution in [0.25, 0.3) is 0 Å². The molecule has 1 atom stereocenters. The van der Waals surface area contributed by atoms with Crippen LogP contribution in [0.2, 0.25) is 0 Å². The maximum absolute atomic E-state index is 13.3. The molecule has 2 rings (SSSR count). The highest BCUT2D eigenvalue weighted by atomic mass is 79.9. The average Bonchev–Trinajstić information content (AvgIpc) is 2.94. The fraction of sp³-hybridized carbons (Fsp3) is 0.714. The van der Waals surface area contributed by atoms with Crippen LogP contribution in [0.15, 0.2) is 9.98 Å². The van der Waals surface area contributed by atoms with E-state index in [1.807, 2.05) is 0 Å². The van der Waals surface area contributed by atoms with Crippen molar-refractivity contribution in [2.45, 2.75) is 50.8 Å². The van der Waals surface area contributed by atoms with Crippen molar-refractivity contribution < 1.29 is 27.8 Å². The van der Waals surface area contributed by atoms with Gasteiger partial charge in [0.2, 0.25) is 5.60 Å². The van der Waals surface area contributed by atoms with Gasteiger partial charge >= 0.3 is 6.18 Å². The van der Waals surface area contributed by atoms with Crippen LogP contribution < -0.4 is 0 Å². The van der Waals surface area contributed by atoms with E-state index in [0.717, 1.165) is 30.6 Å². The van der Waals surface area contributed by atoms with E-state index in [1.165, 1.54) is 6.20 Å². The minimum absolute atomic E-state index is 0.256. The second-order valence-corrected chi connectivity index (χ2v) is 7.53. The molecule has 1 aliphatic carbocycles. The summed E-state index contributed by atoms with van der Waals surface area (Å²) in [5, 5.41) is 10.0. The normalized spacial score (nSPS) is 18.5. The third kappa shape index (κ3) is 5.15. The molecule has 1 aromatic rings. The SMILES string of the molecule is CCOC=O.OC(c1ncc(Br)s1)(C1CCCCC1)C(F)(F)F. The van der Waals surface area contributed by atoms with E-state index in [1.54, 1.807) is 6.92 Å². The number of halogens is 4. The van der Waals surface area contributed by atoms with E-state index in [-0.39, 0.29) is 5.01 Å². The first-order chi connectivity index (χ1) is 10.8. The number of carbonyl (C=O) groups excluding carboxylic acids is 1. The number of hydrogen-bond donors (Lipinski definition) is 1. The number of aliphatic hydroxyl groups is 1. The minimum Gasteiger partial charge on any atom is -0.468 e. The first-order valence-corrected chi connectivity index (χ1v) is 8.84. The summed E-state index contributed by atoms with van der Waals surface area (Å²) >= 11 is 3.94. The maximum Gasteiger partial charge on any atom is 0.424 e. The maximum atomic E-state index is 13.3. The Labute approximate surface area is 145 Å². The Morgan fingerprint density at radius 3 is 2.39 bits per heavy atom. The highest BCUT2D eigenvalue weighted by Gasteiger charge is 2.61. The van der Waals surface area contributed by atoms with Gasteiger partial charge in [-0.2, -0.15) is 13.2 Å². The van der Waals surface area contributed by atoms with E-state index in [9.17, 15) is 23.1 Å². The van der Waals surface area contributed by atoms with Crippen LogP contribution in [0.3, 0.4) is 0 Å². The van der Waals surface area contributed by atoms with Gasteiger partial charge in [0.15, 0.2) is 0 Å². The van der Waals surface area contributed by atoms with Crippen molar-refractivity contribution in [1.29, 1.82) is 0 Å².